The number of carboxylic acids is 1. The number of hydrogen-bond donors (Lipinski definition) is 5. The van der Waals surface area contributed by atoms with Gasteiger partial charge in [-0.15, -0.1) is 0 Å². The first-order valence-electron chi connectivity index (χ1n) is 6.54. The summed E-state index contributed by atoms with van der Waals surface area (Å²) in [4.78, 5) is 15.1. The fraction of sp³-hybridized carbons (Fsp3) is 0. The Labute approximate surface area is 133 Å². The second-order valence-electron chi connectivity index (χ2n) is 4.74. The highest BCUT2D eigenvalue weighted by molar-refractivity contribution is 5.99. The van der Waals surface area contributed by atoms with Crippen LogP contribution in [0.4, 0.5) is 0 Å². The van der Waals surface area contributed by atoms with Gasteiger partial charge in [-0.2, -0.15) is 4.98 Å². The molecule has 9 heteroatoms. The van der Waals surface area contributed by atoms with Crippen LogP contribution in [0.1, 0.15) is 10.4 Å². The Balaban J connectivity index is 2.21. The number of aromatic hydroxyl groups is 4. The van der Waals surface area contributed by atoms with E-state index < -0.39 is 40.1 Å². The third kappa shape index (κ3) is 2.24. The molecule has 0 atom stereocenters. The van der Waals surface area contributed by atoms with Crippen molar-refractivity contribution in [2.24, 2.45) is 0 Å². The van der Waals surface area contributed by atoms with Crippen molar-refractivity contribution >= 4 is 5.97 Å². The summed E-state index contributed by atoms with van der Waals surface area (Å²) in [6.07, 6.45) is 0. The van der Waals surface area contributed by atoms with Gasteiger partial charge in [0.1, 0.15) is 16.9 Å². The van der Waals surface area contributed by atoms with E-state index in [-0.39, 0.29) is 11.7 Å². The standard InChI is InChI=1S/C15H10N2O7/c18-9-7(10(19)12(21)11(20)8(9)15(22)23)13-16-14(24-17-13)6-4-2-1-3-5-6/h1-5,18-21H,(H,22,23). The van der Waals surface area contributed by atoms with Gasteiger partial charge in [0.05, 0.1) is 0 Å². The van der Waals surface area contributed by atoms with Crippen molar-refractivity contribution in [1.29, 1.82) is 0 Å². The van der Waals surface area contributed by atoms with E-state index in [9.17, 15) is 25.2 Å². The number of nitrogens with zero attached hydrogens (tertiary/aromatic N) is 2. The summed E-state index contributed by atoms with van der Waals surface area (Å²) in [7, 11) is 0. The molecule has 0 fully saturated rings. The van der Waals surface area contributed by atoms with E-state index in [1.165, 1.54) is 0 Å². The summed E-state index contributed by atoms with van der Waals surface area (Å²) >= 11 is 0. The van der Waals surface area contributed by atoms with Gasteiger partial charge >= 0.3 is 5.97 Å². The normalized spacial score (nSPS) is 10.7. The van der Waals surface area contributed by atoms with Crippen LogP contribution in [0.3, 0.4) is 0 Å². The Morgan fingerprint density at radius 1 is 0.917 bits per heavy atom. The molecule has 0 amide bonds. The van der Waals surface area contributed by atoms with Gasteiger partial charge in [-0.05, 0) is 12.1 Å². The first kappa shape index (κ1) is 15.2. The Morgan fingerprint density at radius 3 is 2.21 bits per heavy atom. The molecule has 5 N–H and O–H groups in total. The van der Waals surface area contributed by atoms with Crippen molar-refractivity contribution in [3.63, 3.8) is 0 Å². The smallest absolute Gasteiger partial charge is 0.343 e. The lowest BCUT2D eigenvalue weighted by atomic mass is 10.0. The maximum atomic E-state index is 11.1. The number of hydrogen-bond acceptors (Lipinski definition) is 8. The van der Waals surface area contributed by atoms with Gasteiger partial charge in [-0.3, -0.25) is 0 Å². The molecule has 1 aromatic heterocycles. The van der Waals surface area contributed by atoms with E-state index in [4.69, 9.17) is 9.63 Å². The van der Waals surface area contributed by atoms with E-state index in [2.05, 4.69) is 10.1 Å². The largest absolute Gasteiger partial charge is 0.506 e. The first-order valence-corrected chi connectivity index (χ1v) is 6.54. The Kier molecular flexibility index (Phi) is 3.45. The number of phenols is 4. The van der Waals surface area contributed by atoms with Crippen molar-refractivity contribution in [2.45, 2.75) is 0 Å². The zero-order chi connectivity index (χ0) is 17.4. The Morgan fingerprint density at radius 2 is 1.58 bits per heavy atom. The molecule has 0 unspecified atom stereocenters. The van der Waals surface area contributed by atoms with Crippen molar-refractivity contribution in [1.82, 2.24) is 10.1 Å². The summed E-state index contributed by atoms with van der Waals surface area (Å²) in [6, 6.07) is 8.57. The predicted molar refractivity (Wildman–Crippen MR) is 78.8 cm³/mol. The molecule has 0 radical (unpaired) electrons. The summed E-state index contributed by atoms with van der Waals surface area (Å²) in [5, 5.41) is 51.8. The van der Waals surface area contributed by atoms with E-state index in [0.717, 1.165) is 0 Å². The van der Waals surface area contributed by atoms with Crippen molar-refractivity contribution in [3.8, 4) is 45.8 Å². The van der Waals surface area contributed by atoms with E-state index in [0.29, 0.717) is 5.56 Å². The van der Waals surface area contributed by atoms with Crippen LogP contribution >= 0.6 is 0 Å². The highest BCUT2D eigenvalue weighted by atomic mass is 16.5. The predicted octanol–water partition coefficient (Wildman–Crippen LogP) is 1.92. The third-order valence-corrected chi connectivity index (χ3v) is 3.28. The van der Waals surface area contributed by atoms with Gasteiger partial charge in [-0.25, -0.2) is 4.79 Å². The molecule has 122 valence electrons. The lowest BCUT2D eigenvalue weighted by Crippen LogP contribution is -2.00. The lowest BCUT2D eigenvalue weighted by Gasteiger charge is -2.10. The number of aromatic nitrogens is 2. The molecule has 24 heavy (non-hydrogen) atoms. The van der Waals surface area contributed by atoms with Crippen LogP contribution in [-0.4, -0.2) is 41.6 Å². The van der Waals surface area contributed by atoms with Crippen LogP contribution < -0.4 is 0 Å². The van der Waals surface area contributed by atoms with Gasteiger partial charge in [0.15, 0.2) is 11.5 Å². The van der Waals surface area contributed by atoms with E-state index in [1.54, 1.807) is 30.3 Å². The van der Waals surface area contributed by atoms with Gasteiger partial charge in [0.25, 0.3) is 5.89 Å². The molecule has 3 aromatic rings. The minimum absolute atomic E-state index is 0.0499. The van der Waals surface area contributed by atoms with Crippen LogP contribution in [0.5, 0.6) is 23.0 Å². The van der Waals surface area contributed by atoms with Gasteiger partial charge in [0.2, 0.25) is 11.6 Å². The fourth-order valence-corrected chi connectivity index (χ4v) is 2.14. The maximum absolute atomic E-state index is 11.1. The highest BCUT2D eigenvalue weighted by Crippen LogP contribution is 2.50. The molecular formula is C15H10N2O7. The Hall–Kier alpha value is -3.75. The molecule has 0 bridgehead atoms. The van der Waals surface area contributed by atoms with Crippen LogP contribution in [-0.2, 0) is 0 Å². The molecule has 0 saturated carbocycles. The maximum Gasteiger partial charge on any atom is 0.343 e. The monoisotopic (exact) mass is 330 g/mol. The number of phenolic OH excluding ortho intramolecular Hbond substituents is 2. The third-order valence-electron chi connectivity index (χ3n) is 3.28. The second kappa shape index (κ2) is 5.47. The zero-order valence-electron chi connectivity index (χ0n) is 11.8. The first-order chi connectivity index (χ1) is 11.4. The molecule has 1 heterocycles. The molecule has 9 nitrogen and oxygen atoms in total. The molecule has 3 rings (SSSR count). The van der Waals surface area contributed by atoms with Crippen LogP contribution in [0, 0.1) is 0 Å². The summed E-state index contributed by atoms with van der Waals surface area (Å²) in [5.74, 6) is -6.30. The van der Waals surface area contributed by atoms with Crippen molar-refractivity contribution in [2.75, 3.05) is 0 Å². The molecule has 2 aromatic carbocycles. The molecule has 0 aliphatic rings. The fourth-order valence-electron chi connectivity index (χ4n) is 2.14. The zero-order valence-corrected chi connectivity index (χ0v) is 11.8. The number of benzene rings is 2. The SMILES string of the molecule is O=C(O)c1c(O)c(O)c(O)c(-c2noc(-c3ccccc3)n2)c1O. The second-order valence-corrected chi connectivity index (χ2v) is 4.74. The van der Waals surface area contributed by atoms with Gasteiger partial charge in [-0.1, -0.05) is 23.4 Å². The number of carbonyl (C=O) groups is 1. The highest BCUT2D eigenvalue weighted by Gasteiger charge is 2.30. The Bertz CT molecular complexity index is 935. The molecular weight excluding hydrogens is 320 g/mol. The van der Waals surface area contributed by atoms with Gasteiger partial charge in [0, 0.05) is 5.56 Å². The number of aromatic carboxylic acids is 1. The quantitative estimate of drug-likeness (QED) is 0.357. The summed E-state index contributed by atoms with van der Waals surface area (Å²) < 4.78 is 5.01. The summed E-state index contributed by atoms with van der Waals surface area (Å²) in [5.41, 5.74) is -1.02. The number of rotatable bonds is 3. The summed E-state index contributed by atoms with van der Waals surface area (Å²) in [6.45, 7) is 0. The van der Waals surface area contributed by atoms with Crippen LogP contribution in [0.25, 0.3) is 22.8 Å². The number of carboxylic acid groups (broad SMARTS) is 1. The van der Waals surface area contributed by atoms with Crippen molar-refractivity contribution < 1.29 is 34.9 Å². The van der Waals surface area contributed by atoms with Crippen LogP contribution in [0.15, 0.2) is 34.9 Å². The van der Waals surface area contributed by atoms with E-state index in [1.807, 2.05) is 0 Å². The minimum atomic E-state index is -1.71. The lowest BCUT2D eigenvalue weighted by molar-refractivity contribution is 0.0689. The molecule has 0 aliphatic heterocycles. The average molecular weight is 330 g/mol. The minimum Gasteiger partial charge on any atom is -0.506 e. The molecule has 0 aliphatic carbocycles. The van der Waals surface area contributed by atoms with Crippen LogP contribution in [0.2, 0.25) is 0 Å². The topological polar surface area (TPSA) is 157 Å². The van der Waals surface area contributed by atoms with Crippen molar-refractivity contribution in [3.05, 3.63) is 35.9 Å². The molecule has 0 spiro atoms. The average Bonchev–Trinajstić information content (AvgIpc) is 3.03. The van der Waals surface area contributed by atoms with E-state index >= 15 is 0 Å². The molecule has 0 saturated heterocycles. The van der Waals surface area contributed by atoms with Gasteiger partial charge < -0.3 is 30.1 Å².